The Morgan fingerprint density at radius 1 is 1.39 bits per heavy atom. The lowest BCUT2D eigenvalue weighted by Gasteiger charge is -2.01. The van der Waals surface area contributed by atoms with Gasteiger partial charge in [0.1, 0.15) is 0 Å². The Labute approximate surface area is 108 Å². The average Bonchev–Trinajstić information content (AvgIpc) is 2.78. The number of thiazole rings is 1. The highest BCUT2D eigenvalue weighted by atomic mass is 32.1. The molecule has 0 radical (unpaired) electrons. The summed E-state index contributed by atoms with van der Waals surface area (Å²) in [6, 6.07) is 2.96. The van der Waals surface area contributed by atoms with Crippen molar-refractivity contribution in [3.63, 3.8) is 0 Å². The van der Waals surface area contributed by atoms with Crippen LogP contribution in [-0.4, -0.2) is 26.3 Å². The largest absolute Gasteiger partial charge is 0.476 e. The van der Waals surface area contributed by atoms with Crippen LogP contribution in [0.2, 0.25) is 0 Å². The molecule has 0 atom stereocenters. The van der Waals surface area contributed by atoms with E-state index in [0.29, 0.717) is 11.7 Å². The lowest BCUT2D eigenvalue weighted by atomic mass is 10.2. The third-order valence-corrected chi connectivity index (χ3v) is 3.01. The lowest BCUT2D eigenvalue weighted by Crippen LogP contribution is -2.03. The third kappa shape index (κ3) is 2.80. The second-order valence-corrected chi connectivity index (χ2v) is 4.82. The maximum absolute atomic E-state index is 10.6. The van der Waals surface area contributed by atoms with Crippen molar-refractivity contribution in [2.24, 2.45) is 0 Å². The van der Waals surface area contributed by atoms with Crippen LogP contribution >= 0.6 is 11.3 Å². The van der Waals surface area contributed by atoms with Gasteiger partial charge in [-0.3, -0.25) is 0 Å². The minimum atomic E-state index is -1.09. The number of carbonyl (C=O) groups is 1. The molecule has 0 bridgehead atoms. The van der Waals surface area contributed by atoms with Gasteiger partial charge < -0.3 is 10.4 Å². The van der Waals surface area contributed by atoms with Gasteiger partial charge in [-0.1, -0.05) is 13.8 Å². The highest BCUT2D eigenvalue weighted by Crippen LogP contribution is 2.23. The molecule has 0 unspecified atom stereocenters. The molecule has 0 saturated carbocycles. The van der Waals surface area contributed by atoms with Crippen LogP contribution in [-0.2, 0) is 0 Å². The molecule has 7 heteroatoms. The Morgan fingerprint density at radius 3 is 2.67 bits per heavy atom. The van der Waals surface area contributed by atoms with E-state index < -0.39 is 5.97 Å². The van der Waals surface area contributed by atoms with Crippen molar-refractivity contribution < 1.29 is 9.90 Å². The Hall–Kier alpha value is -2.02. The van der Waals surface area contributed by atoms with Crippen LogP contribution in [0.15, 0.2) is 17.5 Å². The maximum Gasteiger partial charge on any atom is 0.356 e. The Kier molecular flexibility index (Phi) is 3.52. The van der Waals surface area contributed by atoms with Crippen molar-refractivity contribution in [1.82, 2.24) is 15.2 Å². The molecule has 0 aliphatic carbocycles. The van der Waals surface area contributed by atoms with Crippen LogP contribution in [0.3, 0.4) is 0 Å². The van der Waals surface area contributed by atoms with E-state index in [4.69, 9.17) is 5.11 Å². The summed E-state index contributed by atoms with van der Waals surface area (Å²) in [5, 5.41) is 21.7. The van der Waals surface area contributed by atoms with E-state index in [2.05, 4.69) is 34.3 Å². The predicted octanol–water partition coefficient (Wildman–Crippen LogP) is 2.50. The van der Waals surface area contributed by atoms with Crippen molar-refractivity contribution in [2.45, 2.75) is 19.8 Å². The number of nitrogens with one attached hydrogen (secondary N) is 1. The number of hydrogen-bond acceptors (Lipinski definition) is 6. The van der Waals surface area contributed by atoms with E-state index in [1.54, 1.807) is 6.07 Å². The first kappa shape index (κ1) is 12.4. The highest BCUT2D eigenvalue weighted by molar-refractivity contribution is 7.13. The van der Waals surface area contributed by atoms with E-state index in [0.717, 1.165) is 10.8 Å². The zero-order valence-corrected chi connectivity index (χ0v) is 10.7. The van der Waals surface area contributed by atoms with E-state index in [1.807, 2.05) is 5.38 Å². The minimum absolute atomic E-state index is 0.0810. The predicted molar refractivity (Wildman–Crippen MR) is 68.5 cm³/mol. The first-order valence-electron chi connectivity index (χ1n) is 5.35. The maximum atomic E-state index is 10.6. The third-order valence-electron chi connectivity index (χ3n) is 2.23. The normalized spacial score (nSPS) is 10.6. The molecule has 0 aliphatic rings. The molecule has 0 saturated heterocycles. The number of carboxylic acids is 1. The molecule has 2 aromatic heterocycles. The van der Waals surface area contributed by atoms with Gasteiger partial charge in [0.05, 0.1) is 5.69 Å². The average molecular weight is 264 g/mol. The minimum Gasteiger partial charge on any atom is -0.476 e. The molecule has 2 heterocycles. The molecule has 0 aliphatic heterocycles. The van der Waals surface area contributed by atoms with Gasteiger partial charge in [0.15, 0.2) is 16.6 Å². The van der Waals surface area contributed by atoms with Gasteiger partial charge in [-0.2, -0.15) is 0 Å². The van der Waals surface area contributed by atoms with Crippen molar-refractivity contribution in [1.29, 1.82) is 0 Å². The molecular weight excluding hydrogens is 252 g/mol. The van der Waals surface area contributed by atoms with E-state index in [1.165, 1.54) is 17.4 Å². The molecule has 0 amide bonds. The summed E-state index contributed by atoms with van der Waals surface area (Å²) >= 11 is 1.48. The molecule has 0 aromatic carbocycles. The van der Waals surface area contributed by atoms with E-state index in [-0.39, 0.29) is 5.69 Å². The van der Waals surface area contributed by atoms with Gasteiger partial charge in [-0.25, -0.2) is 9.78 Å². The van der Waals surface area contributed by atoms with Crippen LogP contribution in [0.4, 0.5) is 10.9 Å². The number of rotatable bonds is 4. The molecule has 0 fully saturated rings. The summed E-state index contributed by atoms with van der Waals surface area (Å²) in [5.74, 6) is -0.243. The number of nitrogens with zero attached hydrogens (tertiary/aromatic N) is 3. The molecule has 2 aromatic rings. The summed E-state index contributed by atoms with van der Waals surface area (Å²) in [7, 11) is 0. The smallest absolute Gasteiger partial charge is 0.356 e. The van der Waals surface area contributed by atoms with Crippen molar-refractivity contribution >= 4 is 28.3 Å². The second-order valence-electron chi connectivity index (χ2n) is 3.97. The van der Waals surface area contributed by atoms with Crippen LogP contribution in [0.25, 0.3) is 0 Å². The van der Waals surface area contributed by atoms with Crippen LogP contribution < -0.4 is 5.32 Å². The standard InChI is InChI=1S/C11H12N4O2S/c1-6(2)8-5-18-11(12-8)13-9-4-3-7(10(16)17)14-15-9/h3-6H,1-2H3,(H,16,17)(H,12,13,15). The zero-order valence-electron chi connectivity index (χ0n) is 9.91. The van der Waals surface area contributed by atoms with Gasteiger partial charge in [0.25, 0.3) is 0 Å². The topological polar surface area (TPSA) is 88.0 Å². The Bertz CT molecular complexity index is 550. The second kappa shape index (κ2) is 5.09. The molecule has 2 rings (SSSR count). The first-order chi connectivity index (χ1) is 8.56. The Balaban J connectivity index is 2.10. The summed E-state index contributed by atoms with van der Waals surface area (Å²) in [6.45, 7) is 4.14. The Morgan fingerprint density at radius 2 is 2.17 bits per heavy atom. The zero-order chi connectivity index (χ0) is 13.1. The van der Waals surface area contributed by atoms with E-state index >= 15 is 0 Å². The number of aromatic nitrogens is 3. The first-order valence-corrected chi connectivity index (χ1v) is 6.23. The summed E-state index contributed by atoms with van der Waals surface area (Å²) in [4.78, 5) is 15.0. The highest BCUT2D eigenvalue weighted by Gasteiger charge is 2.08. The van der Waals surface area contributed by atoms with Crippen LogP contribution in [0.5, 0.6) is 0 Å². The SMILES string of the molecule is CC(C)c1csc(Nc2ccc(C(=O)O)nn2)n1. The summed E-state index contributed by atoms with van der Waals surface area (Å²) in [5.41, 5.74) is 0.931. The number of hydrogen-bond donors (Lipinski definition) is 2. The number of aromatic carboxylic acids is 1. The van der Waals surface area contributed by atoms with Crippen molar-refractivity contribution in [2.75, 3.05) is 5.32 Å². The van der Waals surface area contributed by atoms with Crippen LogP contribution in [0.1, 0.15) is 35.9 Å². The van der Waals surface area contributed by atoms with Gasteiger partial charge in [-0.15, -0.1) is 21.5 Å². The molecule has 0 spiro atoms. The van der Waals surface area contributed by atoms with Gasteiger partial charge in [-0.05, 0) is 18.1 Å². The number of anilines is 2. The quantitative estimate of drug-likeness (QED) is 0.882. The van der Waals surface area contributed by atoms with E-state index in [9.17, 15) is 4.79 Å². The number of carboxylic acid groups (broad SMARTS) is 1. The van der Waals surface area contributed by atoms with Crippen molar-refractivity contribution in [3.8, 4) is 0 Å². The molecular formula is C11H12N4O2S. The molecule has 2 N–H and O–H groups in total. The summed E-state index contributed by atoms with van der Waals surface area (Å²) in [6.07, 6.45) is 0. The monoisotopic (exact) mass is 264 g/mol. The van der Waals surface area contributed by atoms with Crippen LogP contribution in [0, 0.1) is 0 Å². The van der Waals surface area contributed by atoms with Gasteiger partial charge in [0.2, 0.25) is 0 Å². The van der Waals surface area contributed by atoms with Gasteiger partial charge in [0, 0.05) is 5.38 Å². The van der Waals surface area contributed by atoms with Gasteiger partial charge >= 0.3 is 5.97 Å². The fourth-order valence-corrected chi connectivity index (χ4v) is 2.11. The molecule has 94 valence electrons. The fraction of sp³-hybridized carbons (Fsp3) is 0.273. The molecule has 18 heavy (non-hydrogen) atoms. The fourth-order valence-electron chi connectivity index (χ4n) is 1.23. The summed E-state index contributed by atoms with van der Waals surface area (Å²) < 4.78 is 0. The lowest BCUT2D eigenvalue weighted by molar-refractivity contribution is 0.0689. The molecule has 6 nitrogen and oxygen atoms in total. The van der Waals surface area contributed by atoms with Crippen molar-refractivity contribution in [3.05, 3.63) is 28.9 Å².